The predicted octanol–water partition coefficient (Wildman–Crippen LogP) is 8.37. The summed E-state index contributed by atoms with van der Waals surface area (Å²) < 4.78 is 4.96. The molecule has 0 fully saturated rings. The van der Waals surface area contributed by atoms with Crippen LogP contribution in [0.4, 0.5) is 0 Å². The third-order valence-corrected chi connectivity index (χ3v) is 7.09. The monoisotopic (exact) mass is 410 g/mol. The second kappa shape index (κ2) is 8.07. The Bertz CT molecular complexity index is 1400. The third-order valence-electron chi connectivity index (χ3n) is 7.09. The third kappa shape index (κ3) is 3.33. The van der Waals surface area contributed by atoms with Crippen molar-refractivity contribution in [2.24, 2.45) is 0 Å². The fourth-order valence-electron chi connectivity index (χ4n) is 5.50. The van der Waals surface area contributed by atoms with Gasteiger partial charge in [0.15, 0.2) is 0 Å². The Balaban J connectivity index is 1.71. The number of rotatable bonds is 7. The van der Waals surface area contributed by atoms with Gasteiger partial charge in [0.25, 0.3) is 0 Å². The Morgan fingerprint density at radius 3 is 1.84 bits per heavy atom. The molecular weight excluding hydrogens is 376 g/mol. The van der Waals surface area contributed by atoms with Crippen LogP contribution >= 0.6 is 0 Å². The van der Waals surface area contributed by atoms with E-state index < -0.39 is 0 Å². The van der Waals surface area contributed by atoms with Gasteiger partial charge in [0, 0.05) is 46.3 Å². The summed E-state index contributed by atoms with van der Waals surface area (Å²) in [6, 6.07) is 19.0. The molecule has 31 heavy (non-hydrogen) atoms. The van der Waals surface area contributed by atoms with E-state index in [0.717, 1.165) is 13.1 Å². The van der Waals surface area contributed by atoms with E-state index in [9.17, 15) is 0 Å². The highest BCUT2D eigenvalue weighted by atomic mass is 15.0. The lowest BCUT2D eigenvalue weighted by molar-refractivity contribution is 0.638. The van der Waals surface area contributed by atoms with E-state index in [4.69, 9.17) is 0 Å². The van der Waals surface area contributed by atoms with Crippen molar-refractivity contribution in [1.29, 1.82) is 0 Å². The van der Waals surface area contributed by atoms with Crippen LogP contribution in [0, 0.1) is 6.92 Å². The van der Waals surface area contributed by atoms with Gasteiger partial charge in [-0.05, 0) is 91.6 Å². The van der Waals surface area contributed by atoms with Gasteiger partial charge in [0.05, 0.1) is 0 Å². The molecule has 0 saturated heterocycles. The zero-order valence-corrected chi connectivity index (χ0v) is 19.5. The Kier molecular flexibility index (Phi) is 5.25. The highest BCUT2D eigenvalue weighted by Crippen LogP contribution is 2.34. The first-order chi connectivity index (χ1) is 15.1. The lowest BCUT2D eigenvalue weighted by atomic mass is 9.99. The molecular formula is C29H34N2. The number of aromatic nitrogens is 2. The van der Waals surface area contributed by atoms with Crippen LogP contribution < -0.4 is 0 Å². The van der Waals surface area contributed by atoms with Crippen molar-refractivity contribution in [2.45, 2.75) is 72.9 Å². The maximum Gasteiger partial charge on any atom is 0.0489 e. The summed E-state index contributed by atoms with van der Waals surface area (Å²) in [5, 5.41) is 8.15. The van der Waals surface area contributed by atoms with Gasteiger partial charge >= 0.3 is 0 Å². The van der Waals surface area contributed by atoms with Gasteiger partial charge in [-0.15, -0.1) is 0 Å². The molecule has 0 spiro atoms. The van der Waals surface area contributed by atoms with Crippen molar-refractivity contribution in [3.63, 3.8) is 0 Å². The fourth-order valence-corrected chi connectivity index (χ4v) is 5.50. The van der Waals surface area contributed by atoms with Gasteiger partial charge in [-0.2, -0.15) is 0 Å². The summed E-state index contributed by atoms with van der Waals surface area (Å²) in [7, 11) is 0. The largest absolute Gasteiger partial charge is 0.345 e. The molecule has 0 bridgehead atoms. The van der Waals surface area contributed by atoms with Gasteiger partial charge in [0.2, 0.25) is 0 Å². The number of hydrogen-bond acceptors (Lipinski definition) is 0. The van der Waals surface area contributed by atoms with E-state index in [1.165, 1.54) is 86.8 Å². The van der Waals surface area contributed by atoms with Crippen LogP contribution in [0.15, 0.2) is 48.5 Å². The van der Waals surface area contributed by atoms with Gasteiger partial charge in [-0.25, -0.2) is 0 Å². The minimum atomic E-state index is 1.01. The topological polar surface area (TPSA) is 9.86 Å². The maximum atomic E-state index is 2.54. The molecule has 0 amide bonds. The average Bonchev–Trinajstić information content (AvgIpc) is 3.28. The van der Waals surface area contributed by atoms with Crippen LogP contribution in [-0.2, 0) is 19.5 Å². The molecule has 2 heteroatoms. The van der Waals surface area contributed by atoms with Crippen molar-refractivity contribution in [1.82, 2.24) is 9.13 Å². The summed E-state index contributed by atoms with van der Waals surface area (Å²) in [5.41, 5.74) is 5.57. The highest BCUT2D eigenvalue weighted by molar-refractivity contribution is 6.14. The quantitative estimate of drug-likeness (QED) is 0.188. The van der Waals surface area contributed by atoms with E-state index >= 15 is 0 Å². The Morgan fingerprint density at radius 1 is 0.613 bits per heavy atom. The Hall–Kier alpha value is -2.74. The molecule has 0 aliphatic heterocycles. The predicted molar refractivity (Wildman–Crippen MR) is 136 cm³/mol. The first-order valence-electron chi connectivity index (χ1n) is 12.1. The smallest absolute Gasteiger partial charge is 0.0489 e. The number of hydrogen-bond donors (Lipinski definition) is 0. The molecule has 2 heterocycles. The van der Waals surface area contributed by atoms with E-state index in [2.05, 4.69) is 85.4 Å². The average molecular weight is 411 g/mol. The first-order valence-corrected chi connectivity index (χ1v) is 12.1. The summed E-state index contributed by atoms with van der Waals surface area (Å²) in [6.07, 6.45) is 6.45. The van der Waals surface area contributed by atoms with E-state index in [0.29, 0.717) is 0 Å². The molecule has 2 aromatic heterocycles. The van der Waals surface area contributed by atoms with Crippen molar-refractivity contribution in [2.75, 3.05) is 0 Å². The van der Waals surface area contributed by atoms with E-state index in [1.807, 2.05) is 0 Å². The zero-order valence-electron chi connectivity index (χ0n) is 19.5. The second-order valence-corrected chi connectivity index (χ2v) is 9.05. The van der Waals surface area contributed by atoms with E-state index in [-0.39, 0.29) is 0 Å². The van der Waals surface area contributed by atoms with E-state index in [1.54, 1.807) is 0 Å². The molecule has 160 valence electrons. The molecule has 2 nitrogen and oxygen atoms in total. The Morgan fingerprint density at radius 2 is 1.23 bits per heavy atom. The molecule has 5 aromatic rings. The van der Waals surface area contributed by atoms with Crippen LogP contribution in [0.5, 0.6) is 0 Å². The Labute approximate surface area is 185 Å². The molecule has 0 unspecified atom stereocenters. The molecule has 0 aliphatic carbocycles. The normalized spacial score (nSPS) is 12.1. The summed E-state index contributed by atoms with van der Waals surface area (Å²) in [4.78, 5) is 0. The molecule has 0 atom stereocenters. The summed E-state index contributed by atoms with van der Waals surface area (Å²) in [5.74, 6) is 0. The summed E-state index contributed by atoms with van der Waals surface area (Å²) >= 11 is 0. The highest BCUT2D eigenvalue weighted by Gasteiger charge is 2.12. The van der Waals surface area contributed by atoms with Crippen LogP contribution in [-0.4, -0.2) is 9.13 Å². The lowest BCUT2D eigenvalue weighted by Crippen LogP contribution is -2.00. The van der Waals surface area contributed by atoms with Crippen LogP contribution in [0.1, 0.15) is 57.8 Å². The molecule has 0 radical (unpaired) electrons. The van der Waals surface area contributed by atoms with Crippen LogP contribution in [0.3, 0.4) is 0 Å². The van der Waals surface area contributed by atoms with Gasteiger partial charge in [-0.1, -0.05) is 38.3 Å². The van der Waals surface area contributed by atoms with Crippen molar-refractivity contribution < 1.29 is 0 Å². The van der Waals surface area contributed by atoms with Crippen molar-refractivity contribution in [3.05, 3.63) is 59.9 Å². The number of fused-ring (bicyclic) bond motifs is 5. The molecule has 3 aromatic carbocycles. The van der Waals surface area contributed by atoms with Gasteiger partial charge in [-0.3, -0.25) is 0 Å². The van der Waals surface area contributed by atoms with Crippen molar-refractivity contribution in [3.8, 4) is 0 Å². The molecule has 5 rings (SSSR count). The second-order valence-electron chi connectivity index (χ2n) is 9.05. The zero-order chi connectivity index (χ0) is 21.5. The molecule has 0 saturated carbocycles. The standard InChI is InChI=1S/C29H34N2/c1-5-8-9-10-11-25-17-24-16-22-13-12-21-15-23-14-20(4)30(6-2)28(23)18-26(21)27(22)19-29(24)31(25)7-3/h12-19H,5-11H2,1-4H3. The number of benzene rings is 3. The van der Waals surface area contributed by atoms with Crippen molar-refractivity contribution >= 4 is 43.4 Å². The van der Waals surface area contributed by atoms with Gasteiger partial charge in [0.1, 0.15) is 0 Å². The lowest BCUT2D eigenvalue weighted by Gasteiger charge is -2.10. The van der Waals surface area contributed by atoms with Crippen LogP contribution in [0.2, 0.25) is 0 Å². The maximum absolute atomic E-state index is 2.54. The number of aryl methyl sites for hydroxylation is 4. The van der Waals surface area contributed by atoms with Crippen LogP contribution in [0.25, 0.3) is 43.4 Å². The minimum absolute atomic E-state index is 1.01. The molecule has 0 N–H and O–H groups in total. The summed E-state index contributed by atoms with van der Waals surface area (Å²) in [6.45, 7) is 11.1. The fraction of sp³-hybridized carbons (Fsp3) is 0.379. The molecule has 0 aliphatic rings. The number of nitrogens with zero attached hydrogens (tertiary/aromatic N) is 2. The van der Waals surface area contributed by atoms with Gasteiger partial charge < -0.3 is 9.13 Å². The first kappa shape index (κ1) is 20.2. The minimum Gasteiger partial charge on any atom is -0.345 e. The SMILES string of the molecule is CCCCCCc1cc2cc3ccc4cc5cc(C)n(CC)c5cc4c3cc2n1CC. The number of unbranched alkanes of at least 4 members (excludes halogenated alkanes) is 3.